The fourth-order valence-electron chi connectivity index (χ4n) is 2.56. The van der Waals surface area contributed by atoms with Crippen molar-refractivity contribution in [2.24, 2.45) is 0 Å². The molecule has 1 N–H and O–H groups in total. The molecular weight excluding hydrogens is 440 g/mol. The smallest absolute Gasteiger partial charge is 0.247 e. The predicted molar refractivity (Wildman–Crippen MR) is 110 cm³/mol. The molecule has 2 rings (SSSR count). The van der Waals surface area contributed by atoms with Gasteiger partial charge in [0.05, 0.1) is 17.0 Å². The Morgan fingerprint density at radius 3 is 2.42 bits per heavy atom. The molecule has 5 nitrogen and oxygen atoms in total. The number of nitrogens with zero attached hydrogens (tertiary/aromatic N) is 1. The van der Waals surface area contributed by atoms with Gasteiger partial charge in [-0.05, 0) is 72.1 Å². The molecule has 0 aromatic heterocycles. The summed E-state index contributed by atoms with van der Waals surface area (Å²) in [5.74, 6) is -0.449. The van der Waals surface area contributed by atoms with Crippen molar-refractivity contribution in [2.45, 2.75) is 26.8 Å². The van der Waals surface area contributed by atoms with Crippen LogP contribution in [0.3, 0.4) is 0 Å². The lowest BCUT2D eigenvalue weighted by molar-refractivity contribution is -0.116. The summed E-state index contributed by atoms with van der Waals surface area (Å²) in [4.78, 5) is 12.7. The molecule has 0 aliphatic heterocycles. The van der Waals surface area contributed by atoms with Crippen LogP contribution in [0.2, 0.25) is 5.02 Å². The van der Waals surface area contributed by atoms with Crippen molar-refractivity contribution in [1.29, 1.82) is 0 Å². The lowest BCUT2D eigenvalue weighted by atomic mass is 10.1. The van der Waals surface area contributed by atoms with Gasteiger partial charge in [-0.25, -0.2) is 8.42 Å². The van der Waals surface area contributed by atoms with Crippen molar-refractivity contribution < 1.29 is 13.2 Å². The van der Waals surface area contributed by atoms with Gasteiger partial charge in [0.15, 0.2) is 0 Å². The highest BCUT2D eigenvalue weighted by Gasteiger charge is 2.30. The Morgan fingerprint density at radius 1 is 1.19 bits per heavy atom. The van der Waals surface area contributed by atoms with E-state index < -0.39 is 22.0 Å². The van der Waals surface area contributed by atoms with Crippen molar-refractivity contribution in [3.63, 3.8) is 0 Å². The Labute approximate surface area is 167 Å². The SMILES string of the molecule is Cc1ccc(C)c(N([C@H](C)C(=O)Nc2ccc(Br)c(Cl)c2)S(C)(=O)=O)c1. The van der Waals surface area contributed by atoms with Gasteiger partial charge in [0, 0.05) is 10.2 Å². The van der Waals surface area contributed by atoms with Crippen LogP contribution in [0.15, 0.2) is 40.9 Å². The minimum absolute atomic E-state index is 0.449. The Kier molecular flexibility index (Phi) is 6.37. The fourth-order valence-corrected chi connectivity index (χ4v) is 4.21. The summed E-state index contributed by atoms with van der Waals surface area (Å²) in [5.41, 5.74) is 2.66. The van der Waals surface area contributed by atoms with E-state index >= 15 is 0 Å². The number of carbonyl (C=O) groups excluding carboxylic acids is 1. The molecule has 0 saturated carbocycles. The molecular formula is C18H20BrClN2O3S. The molecule has 8 heteroatoms. The summed E-state index contributed by atoms with van der Waals surface area (Å²) in [7, 11) is -3.67. The van der Waals surface area contributed by atoms with E-state index in [1.807, 2.05) is 26.0 Å². The van der Waals surface area contributed by atoms with E-state index in [1.165, 1.54) is 0 Å². The molecule has 140 valence electrons. The average molecular weight is 460 g/mol. The van der Waals surface area contributed by atoms with Crippen molar-refractivity contribution in [3.05, 3.63) is 57.0 Å². The van der Waals surface area contributed by atoms with Gasteiger partial charge in [0.1, 0.15) is 6.04 Å². The number of nitrogens with one attached hydrogen (secondary N) is 1. The first-order chi connectivity index (χ1) is 12.0. The summed E-state index contributed by atoms with van der Waals surface area (Å²) in [6.07, 6.45) is 1.09. The normalized spacial score (nSPS) is 12.5. The molecule has 0 radical (unpaired) electrons. The number of hydrogen-bond acceptors (Lipinski definition) is 3. The third kappa shape index (κ3) is 4.78. The van der Waals surface area contributed by atoms with E-state index in [0.29, 0.717) is 20.9 Å². The van der Waals surface area contributed by atoms with Gasteiger partial charge in [-0.3, -0.25) is 9.10 Å². The second-order valence-electron chi connectivity index (χ2n) is 6.14. The van der Waals surface area contributed by atoms with Crippen LogP contribution in [-0.2, 0) is 14.8 Å². The maximum absolute atomic E-state index is 12.7. The topological polar surface area (TPSA) is 66.5 Å². The molecule has 0 aliphatic carbocycles. The zero-order chi connectivity index (χ0) is 19.6. The number of anilines is 2. The van der Waals surface area contributed by atoms with E-state index in [2.05, 4.69) is 21.2 Å². The minimum Gasteiger partial charge on any atom is -0.324 e. The maximum Gasteiger partial charge on any atom is 0.247 e. The van der Waals surface area contributed by atoms with Crippen LogP contribution in [0, 0.1) is 13.8 Å². The summed E-state index contributed by atoms with van der Waals surface area (Å²) >= 11 is 9.33. The molecule has 0 bridgehead atoms. The highest BCUT2D eigenvalue weighted by molar-refractivity contribution is 9.10. The molecule has 0 unspecified atom stereocenters. The van der Waals surface area contributed by atoms with E-state index in [-0.39, 0.29) is 0 Å². The van der Waals surface area contributed by atoms with Gasteiger partial charge in [0.2, 0.25) is 15.9 Å². The maximum atomic E-state index is 12.7. The van der Waals surface area contributed by atoms with E-state index in [1.54, 1.807) is 31.2 Å². The van der Waals surface area contributed by atoms with Crippen LogP contribution in [0.5, 0.6) is 0 Å². The second-order valence-corrected chi connectivity index (χ2v) is 9.26. The van der Waals surface area contributed by atoms with E-state index in [4.69, 9.17) is 11.6 Å². The van der Waals surface area contributed by atoms with Gasteiger partial charge in [-0.2, -0.15) is 0 Å². The van der Waals surface area contributed by atoms with Gasteiger partial charge in [-0.15, -0.1) is 0 Å². The quantitative estimate of drug-likeness (QED) is 0.715. The highest BCUT2D eigenvalue weighted by Crippen LogP contribution is 2.28. The molecule has 0 fully saturated rings. The van der Waals surface area contributed by atoms with Crippen LogP contribution in [0.25, 0.3) is 0 Å². The van der Waals surface area contributed by atoms with Gasteiger partial charge < -0.3 is 5.32 Å². The van der Waals surface area contributed by atoms with Crippen molar-refractivity contribution in [1.82, 2.24) is 0 Å². The van der Waals surface area contributed by atoms with Gasteiger partial charge in [0.25, 0.3) is 0 Å². The summed E-state index contributed by atoms with van der Waals surface area (Å²) < 4.78 is 26.7. The van der Waals surface area contributed by atoms with Crippen LogP contribution < -0.4 is 9.62 Å². The molecule has 1 amide bonds. The number of sulfonamides is 1. The molecule has 2 aromatic carbocycles. The predicted octanol–water partition coefficient (Wildman–Crippen LogP) is 4.51. The van der Waals surface area contributed by atoms with Crippen LogP contribution in [-0.4, -0.2) is 26.6 Å². The third-order valence-electron chi connectivity index (χ3n) is 3.88. The number of aryl methyl sites for hydroxylation is 2. The number of rotatable bonds is 5. The zero-order valence-electron chi connectivity index (χ0n) is 14.9. The Balaban J connectivity index is 2.37. The van der Waals surface area contributed by atoms with Crippen molar-refractivity contribution in [3.8, 4) is 0 Å². The van der Waals surface area contributed by atoms with Crippen molar-refractivity contribution in [2.75, 3.05) is 15.9 Å². The molecule has 0 aliphatic rings. The lowest BCUT2D eigenvalue weighted by Gasteiger charge is -2.29. The molecule has 1 atom stereocenters. The lowest BCUT2D eigenvalue weighted by Crippen LogP contribution is -2.45. The average Bonchev–Trinajstić information content (AvgIpc) is 2.53. The van der Waals surface area contributed by atoms with Gasteiger partial charge in [-0.1, -0.05) is 23.7 Å². The second kappa shape index (κ2) is 7.98. The number of benzene rings is 2. The Morgan fingerprint density at radius 2 is 1.85 bits per heavy atom. The Hall–Kier alpha value is -1.57. The fraction of sp³-hybridized carbons (Fsp3) is 0.278. The minimum atomic E-state index is -3.67. The van der Waals surface area contributed by atoms with Gasteiger partial charge >= 0.3 is 0 Å². The largest absolute Gasteiger partial charge is 0.324 e. The Bertz CT molecular complexity index is 947. The number of hydrogen-bond donors (Lipinski definition) is 1. The zero-order valence-corrected chi connectivity index (χ0v) is 18.0. The monoisotopic (exact) mass is 458 g/mol. The standard InChI is InChI=1S/C18H20BrClN2O3S/c1-11-5-6-12(2)17(9-11)22(26(4,24)25)13(3)18(23)21-14-7-8-15(19)16(20)10-14/h5-10,13H,1-4H3,(H,21,23)/t13-/m1/s1. The van der Waals surface area contributed by atoms with Crippen molar-refractivity contribution >= 4 is 54.8 Å². The number of halogens is 2. The summed E-state index contributed by atoms with van der Waals surface area (Å²) in [6, 6.07) is 9.55. The molecule has 0 spiro atoms. The van der Waals surface area contributed by atoms with E-state index in [9.17, 15) is 13.2 Å². The molecule has 0 heterocycles. The molecule has 26 heavy (non-hydrogen) atoms. The first kappa shape index (κ1) is 20.7. The molecule has 0 saturated heterocycles. The van der Waals surface area contributed by atoms with Crippen LogP contribution in [0.1, 0.15) is 18.1 Å². The van der Waals surface area contributed by atoms with E-state index in [0.717, 1.165) is 21.7 Å². The number of amides is 1. The third-order valence-corrected chi connectivity index (χ3v) is 6.34. The first-order valence-corrected chi connectivity index (χ1v) is 10.8. The first-order valence-electron chi connectivity index (χ1n) is 7.83. The number of carbonyl (C=O) groups is 1. The highest BCUT2D eigenvalue weighted by atomic mass is 79.9. The molecule has 2 aromatic rings. The summed E-state index contributed by atoms with van der Waals surface area (Å²) in [6.45, 7) is 5.24. The summed E-state index contributed by atoms with van der Waals surface area (Å²) in [5, 5.41) is 3.16. The van der Waals surface area contributed by atoms with Crippen LogP contribution >= 0.6 is 27.5 Å². The van der Waals surface area contributed by atoms with Crippen LogP contribution in [0.4, 0.5) is 11.4 Å².